The molecule has 0 saturated heterocycles. The van der Waals surface area contributed by atoms with Crippen LogP contribution in [0.3, 0.4) is 0 Å². The van der Waals surface area contributed by atoms with Crippen LogP contribution in [0, 0.1) is 6.92 Å². The smallest absolute Gasteiger partial charge is 0.308 e. The van der Waals surface area contributed by atoms with Crippen LogP contribution >= 0.6 is 0 Å². The number of aliphatic imine (C=N–C) groups is 1. The Hall–Kier alpha value is -1.88. The van der Waals surface area contributed by atoms with Gasteiger partial charge in [-0.3, -0.25) is 4.79 Å². The molecule has 108 valence electrons. The number of benzene rings is 1. The van der Waals surface area contributed by atoms with Crippen molar-refractivity contribution in [2.75, 3.05) is 6.61 Å². The number of hydrogen-bond donors (Lipinski definition) is 1. The average Bonchev–Trinajstić information content (AvgIpc) is 2.89. The van der Waals surface area contributed by atoms with E-state index in [1.807, 2.05) is 19.9 Å². The van der Waals surface area contributed by atoms with E-state index in [0.717, 1.165) is 11.1 Å². The second kappa shape index (κ2) is 6.05. The van der Waals surface area contributed by atoms with E-state index in [0.29, 0.717) is 24.7 Å². The minimum absolute atomic E-state index is 0.230. The first-order valence-corrected chi connectivity index (χ1v) is 6.70. The quantitative estimate of drug-likeness (QED) is 0.673. The highest BCUT2D eigenvalue weighted by atomic mass is 16.5. The molecule has 1 aliphatic rings. The monoisotopic (exact) mass is 277 g/mol. The van der Waals surface area contributed by atoms with Crippen molar-refractivity contribution in [3.63, 3.8) is 0 Å². The van der Waals surface area contributed by atoms with Crippen molar-refractivity contribution in [3.8, 4) is 5.75 Å². The normalized spacial score (nSPS) is 19.2. The van der Waals surface area contributed by atoms with Gasteiger partial charge in [0.2, 0.25) is 5.90 Å². The summed E-state index contributed by atoms with van der Waals surface area (Å²) in [6.45, 7) is 5.50. The summed E-state index contributed by atoms with van der Waals surface area (Å²) in [5, 5.41) is 9.81. The van der Waals surface area contributed by atoms with Crippen molar-refractivity contribution in [3.05, 3.63) is 29.3 Å². The number of carbonyl (C=O) groups excluding carboxylic acids is 1. The van der Waals surface area contributed by atoms with Crippen molar-refractivity contribution in [1.82, 2.24) is 0 Å². The van der Waals surface area contributed by atoms with Gasteiger partial charge < -0.3 is 14.6 Å². The highest BCUT2D eigenvalue weighted by molar-refractivity contribution is 5.97. The molecule has 1 aliphatic heterocycles. The Balaban J connectivity index is 2.28. The SMILES string of the molecule is CCC(O)[C@@H]1COC(c2cccc(OC(C)=O)c2C)=N1. The largest absolute Gasteiger partial charge is 0.475 e. The zero-order valence-corrected chi connectivity index (χ0v) is 11.9. The molecule has 1 aromatic rings. The van der Waals surface area contributed by atoms with Crippen molar-refractivity contribution >= 4 is 11.9 Å². The highest BCUT2D eigenvalue weighted by Gasteiger charge is 2.26. The van der Waals surface area contributed by atoms with Gasteiger partial charge in [-0.15, -0.1) is 0 Å². The van der Waals surface area contributed by atoms with Crippen LogP contribution in [0.2, 0.25) is 0 Å². The predicted molar refractivity (Wildman–Crippen MR) is 75.1 cm³/mol. The van der Waals surface area contributed by atoms with E-state index in [-0.39, 0.29) is 12.0 Å². The van der Waals surface area contributed by atoms with Crippen LogP contribution in [0.4, 0.5) is 0 Å². The van der Waals surface area contributed by atoms with Gasteiger partial charge in [0.05, 0.1) is 6.10 Å². The average molecular weight is 277 g/mol. The lowest BCUT2D eigenvalue weighted by Gasteiger charge is -2.10. The molecule has 0 aliphatic carbocycles. The van der Waals surface area contributed by atoms with Gasteiger partial charge in [0, 0.05) is 18.1 Å². The summed E-state index contributed by atoms with van der Waals surface area (Å²) >= 11 is 0. The topological polar surface area (TPSA) is 68.1 Å². The minimum atomic E-state index is -0.496. The van der Waals surface area contributed by atoms with Gasteiger partial charge in [-0.2, -0.15) is 0 Å². The zero-order valence-electron chi connectivity index (χ0n) is 11.9. The van der Waals surface area contributed by atoms with Gasteiger partial charge in [-0.1, -0.05) is 13.0 Å². The van der Waals surface area contributed by atoms with E-state index in [9.17, 15) is 9.90 Å². The Morgan fingerprint density at radius 1 is 1.60 bits per heavy atom. The fourth-order valence-electron chi connectivity index (χ4n) is 2.12. The third-order valence-corrected chi connectivity index (χ3v) is 3.30. The predicted octanol–water partition coefficient (Wildman–Crippen LogP) is 1.84. The van der Waals surface area contributed by atoms with Crippen LogP contribution in [-0.4, -0.2) is 35.7 Å². The number of aliphatic hydroxyl groups excluding tert-OH is 1. The maximum absolute atomic E-state index is 11.1. The van der Waals surface area contributed by atoms with Crippen LogP contribution in [0.1, 0.15) is 31.4 Å². The molecule has 1 unspecified atom stereocenters. The maximum atomic E-state index is 11.1. The number of ether oxygens (including phenoxy) is 2. The van der Waals surface area contributed by atoms with E-state index in [4.69, 9.17) is 9.47 Å². The first-order chi connectivity index (χ1) is 9.52. The molecule has 0 amide bonds. The molecule has 1 aromatic carbocycles. The van der Waals surface area contributed by atoms with Gasteiger partial charge in [0.15, 0.2) is 0 Å². The summed E-state index contributed by atoms with van der Waals surface area (Å²) in [5.74, 6) is 0.633. The molecule has 1 N–H and O–H groups in total. The Morgan fingerprint density at radius 2 is 2.35 bits per heavy atom. The molecule has 5 heteroatoms. The highest BCUT2D eigenvalue weighted by Crippen LogP contribution is 2.25. The van der Waals surface area contributed by atoms with Crippen LogP contribution in [0.5, 0.6) is 5.75 Å². The fourth-order valence-corrected chi connectivity index (χ4v) is 2.12. The van der Waals surface area contributed by atoms with Gasteiger partial charge in [-0.25, -0.2) is 4.99 Å². The lowest BCUT2D eigenvalue weighted by Crippen LogP contribution is -2.24. The Morgan fingerprint density at radius 3 is 3.00 bits per heavy atom. The Bertz CT molecular complexity index is 539. The molecule has 0 saturated carbocycles. The summed E-state index contributed by atoms with van der Waals surface area (Å²) in [7, 11) is 0. The standard InChI is InChI=1S/C15H19NO4/c1-4-13(18)12-8-19-15(16-12)11-6-5-7-14(9(11)2)20-10(3)17/h5-7,12-13,18H,4,8H2,1-3H3/t12-,13?/m0/s1. The number of rotatable bonds is 4. The molecule has 2 rings (SSSR count). The maximum Gasteiger partial charge on any atom is 0.308 e. The molecular formula is C15H19NO4. The Labute approximate surface area is 118 Å². The van der Waals surface area contributed by atoms with Gasteiger partial charge in [0.25, 0.3) is 0 Å². The Kier molecular flexibility index (Phi) is 4.39. The molecule has 1 heterocycles. The summed E-state index contributed by atoms with van der Waals surface area (Å²) in [6.07, 6.45) is 0.140. The van der Waals surface area contributed by atoms with Crippen molar-refractivity contribution in [2.45, 2.75) is 39.3 Å². The molecule has 2 atom stereocenters. The zero-order chi connectivity index (χ0) is 14.7. The third kappa shape index (κ3) is 2.99. The molecule has 0 bridgehead atoms. The summed E-state index contributed by atoms with van der Waals surface area (Å²) in [6, 6.07) is 5.15. The second-order valence-corrected chi connectivity index (χ2v) is 4.81. The molecule has 5 nitrogen and oxygen atoms in total. The van der Waals surface area contributed by atoms with Crippen LogP contribution in [-0.2, 0) is 9.53 Å². The number of nitrogens with zero attached hydrogens (tertiary/aromatic N) is 1. The van der Waals surface area contributed by atoms with E-state index < -0.39 is 6.10 Å². The summed E-state index contributed by atoms with van der Waals surface area (Å²) in [4.78, 5) is 15.5. The van der Waals surface area contributed by atoms with E-state index in [2.05, 4.69) is 4.99 Å². The van der Waals surface area contributed by atoms with Crippen LogP contribution in [0.15, 0.2) is 23.2 Å². The van der Waals surface area contributed by atoms with Crippen LogP contribution in [0.25, 0.3) is 0 Å². The van der Waals surface area contributed by atoms with E-state index >= 15 is 0 Å². The third-order valence-electron chi connectivity index (χ3n) is 3.30. The van der Waals surface area contributed by atoms with Gasteiger partial charge >= 0.3 is 5.97 Å². The number of carbonyl (C=O) groups is 1. The lowest BCUT2D eigenvalue weighted by atomic mass is 10.1. The summed E-state index contributed by atoms with van der Waals surface area (Å²) in [5.41, 5.74) is 1.59. The van der Waals surface area contributed by atoms with E-state index in [1.165, 1.54) is 6.92 Å². The molecule has 20 heavy (non-hydrogen) atoms. The lowest BCUT2D eigenvalue weighted by molar-refractivity contribution is -0.131. The molecule has 0 spiro atoms. The van der Waals surface area contributed by atoms with E-state index in [1.54, 1.807) is 12.1 Å². The molecule has 0 fully saturated rings. The first-order valence-electron chi connectivity index (χ1n) is 6.70. The summed E-state index contributed by atoms with van der Waals surface area (Å²) < 4.78 is 10.7. The minimum Gasteiger partial charge on any atom is -0.475 e. The van der Waals surface area contributed by atoms with Crippen molar-refractivity contribution < 1.29 is 19.4 Å². The van der Waals surface area contributed by atoms with Crippen LogP contribution < -0.4 is 4.74 Å². The second-order valence-electron chi connectivity index (χ2n) is 4.81. The van der Waals surface area contributed by atoms with Gasteiger partial charge in [-0.05, 0) is 25.5 Å². The van der Waals surface area contributed by atoms with Crippen molar-refractivity contribution in [1.29, 1.82) is 0 Å². The fraction of sp³-hybridized carbons (Fsp3) is 0.467. The molecular weight excluding hydrogens is 258 g/mol. The number of aliphatic hydroxyl groups is 1. The van der Waals surface area contributed by atoms with Crippen molar-refractivity contribution in [2.24, 2.45) is 4.99 Å². The van der Waals surface area contributed by atoms with Gasteiger partial charge in [0.1, 0.15) is 18.4 Å². The first kappa shape index (κ1) is 14.5. The molecule has 0 aromatic heterocycles. The number of esters is 1. The number of hydrogen-bond acceptors (Lipinski definition) is 5. The molecule has 0 radical (unpaired) electrons.